The van der Waals surface area contributed by atoms with E-state index in [-0.39, 0.29) is 5.89 Å². The van der Waals surface area contributed by atoms with Gasteiger partial charge in [0.05, 0.1) is 17.4 Å². The van der Waals surface area contributed by atoms with Crippen LogP contribution in [0.15, 0.2) is 46.3 Å². The summed E-state index contributed by atoms with van der Waals surface area (Å²) in [5.41, 5.74) is 2.18. The number of hydrogen-bond acceptors (Lipinski definition) is 7. The van der Waals surface area contributed by atoms with Gasteiger partial charge in [0.25, 0.3) is 5.89 Å². The van der Waals surface area contributed by atoms with Gasteiger partial charge < -0.3 is 9.42 Å². The first-order chi connectivity index (χ1) is 12.7. The Morgan fingerprint density at radius 3 is 2.73 bits per heavy atom. The highest BCUT2D eigenvalue weighted by atomic mass is 32.1. The van der Waals surface area contributed by atoms with Gasteiger partial charge in [-0.15, -0.1) is 11.3 Å². The van der Waals surface area contributed by atoms with Gasteiger partial charge in [-0.25, -0.2) is 0 Å². The minimum absolute atomic E-state index is 0.200. The van der Waals surface area contributed by atoms with Crippen molar-refractivity contribution in [2.75, 3.05) is 18.5 Å². The molecule has 2 heterocycles. The van der Waals surface area contributed by atoms with Crippen molar-refractivity contribution in [2.45, 2.75) is 6.42 Å². The molecule has 1 aromatic carbocycles. The van der Waals surface area contributed by atoms with Gasteiger partial charge >= 0.3 is 0 Å². The molecule has 0 atom stereocenters. The van der Waals surface area contributed by atoms with Crippen LogP contribution in [0.1, 0.15) is 17.9 Å². The monoisotopic (exact) mass is 361 g/mol. The highest BCUT2D eigenvalue weighted by Gasteiger charge is 2.13. The number of rotatable bonds is 6. The fraction of sp³-hybridized carbons (Fsp3) is 0.158. The first-order valence-electron chi connectivity index (χ1n) is 7.89. The standard InChI is InChI=1S/C19H15N5OS/c1-24(10-3-9-20)16-7-5-14(6-8-16)12-15(13-21)19-22-18(23-25-19)17-4-2-11-26-17/h2,4-8,11-12H,3,10H2,1H3/b15-12+. The molecule has 0 amide bonds. The lowest BCUT2D eigenvalue weighted by molar-refractivity contribution is 0.409. The van der Waals surface area contributed by atoms with E-state index in [4.69, 9.17) is 9.78 Å². The van der Waals surface area contributed by atoms with Crippen molar-refractivity contribution in [3.63, 3.8) is 0 Å². The minimum Gasteiger partial charge on any atom is -0.374 e. The van der Waals surface area contributed by atoms with Crippen molar-refractivity contribution >= 4 is 28.7 Å². The van der Waals surface area contributed by atoms with E-state index in [1.54, 1.807) is 6.08 Å². The lowest BCUT2D eigenvalue weighted by Crippen LogP contribution is -2.17. The minimum atomic E-state index is 0.200. The molecule has 0 saturated heterocycles. The zero-order valence-corrected chi connectivity index (χ0v) is 14.9. The van der Waals surface area contributed by atoms with Crippen molar-refractivity contribution in [1.29, 1.82) is 10.5 Å². The quantitative estimate of drug-likeness (QED) is 0.611. The van der Waals surface area contributed by atoms with Crippen LogP contribution in [0.4, 0.5) is 5.69 Å². The summed E-state index contributed by atoms with van der Waals surface area (Å²) in [7, 11) is 1.94. The van der Waals surface area contributed by atoms with Crippen LogP contribution in [0.5, 0.6) is 0 Å². The fourth-order valence-corrected chi connectivity index (χ4v) is 2.97. The Balaban J connectivity index is 1.79. The molecule has 26 heavy (non-hydrogen) atoms. The Kier molecular flexibility index (Phi) is 5.43. The molecule has 0 spiro atoms. The predicted molar refractivity (Wildman–Crippen MR) is 101 cm³/mol. The molecular weight excluding hydrogens is 346 g/mol. The number of nitrogens with zero attached hydrogens (tertiary/aromatic N) is 5. The Morgan fingerprint density at radius 1 is 1.27 bits per heavy atom. The van der Waals surface area contributed by atoms with E-state index in [0.29, 0.717) is 24.4 Å². The highest BCUT2D eigenvalue weighted by Crippen LogP contribution is 2.24. The third-order valence-corrected chi connectivity index (χ3v) is 4.59. The second-order valence-electron chi connectivity index (χ2n) is 5.49. The van der Waals surface area contributed by atoms with Gasteiger partial charge in [-0.2, -0.15) is 15.5 Å². The van der Waals surface area contributed by atoms with Crippen molar-refractivity contribution in [3.8, 4) is 22.8 Å². The van der Waals surface area contributed by atoms with Gasteiger partial charge in [0.1, 0.15) is 11.6 Å². The predicted octanol–water partition coefficient (Wildman–Crippen LogP) is 4.21. The lowest BCUT2D eigenvalue weighted by Gasteiger charge is -2.17. The zero-order valence-electron chi connectivity index (χ0n) is 14.1. The molecule has 0 aliphatic carbocycles. The molecule has 128 valence electrons. The second-order valence-corrected chi connectivity index (χ2v) is 6.44. The average molecular weight is 361 g/mol. The van der Waals surface area contributed by atoms with Gasteiger partial charge in [-0.1, -0.05) is 23.4 Å². The van der Waals surface area contributed by atoms with Crippen molar-refractivity contribution in [2.24, 2.45) is 0 Å². The van der Waals surface area contributed by atoms with Crippen molar-refractivity contribution in [1.82, 2.24) is 10.1 Å². The SMILES string of the molecule is CN(CCC#N)c1ccc(/C=C(\C#N)c2nc(-c3cccs3)no2)cc1. The number of benzene rings is 1. The summed E-state index contributed by atoms with van der Waals surface area (Å²) in [5.74, 6) is 0.678. The molecule has 0 fully saturated rings. The maximum Gasteiger partial charge on any atom is 0.268 e. The molecular formula is C19H15N5OS. The van der Waals surface area contributed by atoms with E-state index in [1.807, 2.05) is 53.7 Å². The zero-order chi connectivity index (χ0) is 18.4. The summed E-state index contributed by atoms with van der Waals surface area (Å²) < 4.78 is 5.24. The van der Waals surface area contributed by atoms with Crippen LogP contribution in [0, 0.1) is 22.7 Å². The average Bonchev–Trinajstić information content (AvgIpc) is 3.36. The van der Waals surface area contributed by atoms with Crippen LogP contribution in [-0.2, 0) is 0 Å². The van der Waals surface area contributed by atoms with Crippen molar-refractivity contribution in [3.05, 3.63) is 53.2 Å². The number of aromatic nitrogens is 2. The van der Waals surface area contributed by atoms with Gasteiger partial charge in [0, 0.05) is 19.3 Å². The normalized spacial score (nSPS) is 11.0. The van der Waals surface area contributed by atoms with Gasteiger partial charge in [-0.05, 0) is 35.2 Å². The second kappa shape index (κ2) is 8.11. The fourth-order valence-electron chi connectivity index (χ4n) is 2.32. The third-order valence-electron chi connectivity index (χ3n) is 3.72. The van der Waals surface area contributed by atoms with Crippen LogP contribution >= 0.6 is 11.3 Å². The summed E-state index contributed by atoms with van der Waals surface area (Å²) in [6.45, 7) is 0.669. The molecule has 0 unspecified atom stereocenters. The summed E-state index contributed by atoms with van der Waals surface area (Å²) >= 11 is 1.51. The van der Waals surface area contributed by atoms with Crippen LogP contribution < -0.4 is 4.90 Å². The van der Waals surface area contributed by atoms with Crippen LogP contribution in [0.2, 0.25) is 0 Å². The number of nitriles is 2. The summed E-state index contributed by atoms with van der Waals surface area (Å²) in [4.78, 5) is 7.20. The Morgan fingerprint density at radius 2 is 2.08 bits per heavy atom. The molecule has 0 saturated carbocycles. The first-order valence-corrected chi connectivity index (χ1v) is 8.77. The molecule has 2 aromatic heterocycles. The molecule has 6 nitrogen and oxygen atoms in total. The van der Waals surface area contributed by atoms with E-state index < -0.39 is 0 Å². The molecule has 3 aromatic rings. The number of thiophene rings is 1. The third kappa shape index (κ3) is 3.97. The Hall–Kier alpha value is -3.42. The van der Waals surface area contributed by atoms with Crippen LogP contribution in [0.3, 0.4) is 0 Å². The molecule has 7 heteroatoms. The summed E-state index contributed by atoms with van der Waals surface area (Å²) in [6, 6.07) is 15.8. The number of anilines is 1. The topological polar surface area (TPSA) is 89.7 Å². The largest absolute Gasteiger partial charge is 0.374 e. The van der Waals surface area contributed by atoms with E-state index in [1.165, 1.54) is 11.3 Å². The molecule has 0 N–H and O–H groups in total. The summed E-state index contributed by atoms with van der Waals surface area (Å²) in [6.07, 6.45) is 2.19. The Labute approximate surface area is 155 Å². The molecule has 0 radical (unpaired) electrons. The lowest BCUT2D eigenvalue weighted by atomic mass is 10.1. The van der Waals surface area contributed by atoms with E-state index >= 15 is 0 Å². The van der Waals surface area contributed by atoms with Gasteiger partial charge in [-0.3, -0.25) is 0 Å². The Bertz CT molecular complexity index is 974. The molecule has 0 aliphatic rings. The van der Waals surface area contributed by atoms with Gasteiger partial charge in [0.2, 0.25) is 5.82 Å². The summed E-state index contributed by atoms with van der Waals surface area (Å²) in [5, 5.41) is 24.0. The van der Waals surface area contributed by atoms with Crippen LogP contribution in [-0.4, -0.2) is 23.7 Å². The van der Waals surface area contributed by atoms with E-state index in [9.17, 15) is 5.26 Å². The molecule has 0 aliphatic heterocycles. The maximum atomic E-state index is 9.44. The van der Waals surface area contributed by atoms with Crippen LogP contribution in [0.25, 0.3) is 22.4 Å². The smallest absolute Gasteiger partial charge is 0.268 e. The van der Waals surface area contributed by atoms with E-state index in [2.05, 4.69) is 22.3 Å². The van der Waals surface area contributed by atoms with Gasteiger partial charge in [0.15, 0.2) is 0 Å². The number of allylic oxidation sites excluding steroid dienone is 1. The molecule has 3 rings (SSSR count). The van der Waals surface area contributed by atoms with E-state index in [0.717, 1.165) is 16.1 Å². The van der Waals surface area contributed by atoms with Crippen molar-refractivity contribution < 1.29 is 4.52 Å². The first kappa shape index (κ1) is 17.4. The number of hydrogen-bond donors (Lipinski definition) is 0. The molecule has 0 bridgehead atoms. The highest BCUT2D eigenvalue weighted by molar-refractivity contribution is 7.13. The maximum absolute atomic E-state index is 9.44.